The van der Waals surface area contributed by atoms with Crippen molar-refractivity contribution in [2.45, 2.75) is 11.8 Å². The molecule has 2 aromatic rings. The van der Waals surface area contributed by atoms with Crippen LogP contribution in [-0.2, 0) is 0 Å². The molecule has 2 aromatic carbocycles. The lowest BCUT2D eigenvalue weighted by Crippen LogP contribution is -1.95. The Labute approximate surface area is 124 Å². The molecular weight excluding hydrogens is 356 g/mol. The van der Waals surface area contributed by atoms with Gasteiger partial charge in [-0.05, 0) is 41.8 Å². The molecule has 1 nitrogen and oxygen atoms in total. The summed E-state index contributed by atoms with van der Waals surface area (Å²) in [5, 5.41) is 0. The fourth-order valence-electron chi connectivity index (χ4n) is 1.82. The van der Waals surface area contributed by atoms with Crippen LogP contribution < -0.4 is 4.74 Å². The van der Waals surface area contributed by atoms with Crippen molar-refractivity contribution in [2.24, 2.45) is 0 Å². The van der Waals surface area contributed by atoms with E-state index in [0.29, 0.717) is 0 Å². The van der Waals surface area contributed by atoms with Gasteiger partial charge in [0, 0.05) is 4.47 Å². The average molecular weight is 370 g/mol. The second-order valence-corrected chi connectivity index (χ2v) is 5.97. The Balaban J connectivity index is 2.33. The summed E-state index contributed by atoms with van der Waals surface area (Å²) in [5.74, 6) is 0.925. The number of hydrogen-bond donors (Lipinski definition) is 0. The molecule has 0 saturated heterocycles. The first-order valence-electron chi connectivity index (χ1n) is 5.66. The molecule has 3 heteroatoms. The topological polar surface area (TPSA) is 9.23 Å². The van der Waals surface area contributed by atoms with Crippen molar-refractivity contribution in [2.75, 3.05) is 7.11 Å². The molecule has 0 amide bonds. The zero-order chi connectivity index (χ0) is 13.1. The number of aryl methyl sites for hydroxylation is 1. The minimum Gasteiger partial charge on any atom is -0.496 e. The molecule has 0 aliphatic rings. The maximum absolute atomic E-state index is 5.36. The average Bonchev–Trinajstić information content (AvgIpc) is 2.39. The Kier molecular flexibility index (Phi) is 4.46. The smallest absolute Gasteiger partial charge is 0.122 e. The molecule has 1 atom stereocenters. The highest BCUT2D eigenvalue weighted by Crippen LogP contribution is 2.34. The fraction of sp³-hybridized carbons (Fsp3) is 0.200. The van der Waals surface area contributed by atoms with Gasteiger partial charge in [0.1, 0.15) is 5.75 Å². The Hall–Kier alpha value is -0.800. The number of halogens is 2. The Morgan fingerprint density at radius 2 is 1.61 bits per heavy atom. The molecule has 2 rings (SSSR count). The van der Waals surface area contributed by atoms with E-state index in [1.807, 2.05) is 6.92 Å². The van der Waals surface area contributed by atoms with Crippen LogP contribution in [0, 0.1) is 6.92 Å². The minimum atomic E-state index is 0.181. The van der Waals surface area contributed by atoms with Crippen molar-refractivity contribution in [3.8, 4) is 5.75 Å². The summed E-state index contributed by atoms with van der Waals surface area (Å²) in [6, 6.07) is 14.6. The highest BCUT2D eigenvalue weighted by molar-refractivity contribution is 9.10. The van der Waals surface area contributed by atoms with Gasteiger partial charge in [-0.15, -0.1) is 0 Å². The van der Waals surface area contributed by atoms with Crippen molar-refractivity contribution in [3.63, 3.8) is 0 Å². The minimum absolute atomic E-state index is 0.181. The van der Waals surface area contributed by atoms with Crippen LogP contribution in [0.3, 0.4) is 0 Å². The molecule has 0 bridgehead atoms. The van der Waals surface area contributed by atoms with Gasteiger partial charge in [0.25, 0.3) is 0 Å². The monoisotopic (exact) mass is 368 g/mol. The van der Waals surface area contributed by atoms with Crippen LogP contribution in [0.4, 0.5) is 0 Å². The SMILES string of the molecule is COc1cc(C(Br)c2ccc(Br)cc2)ccc1C. The van der Waals surface area contributed by atoms with E-state index < -0.39 is 0 Å². The molecule has 18 heavy (non-hydrogen) atoms. The van der Waals surface area contributed by atoms with Crippen LogP contribution in [0.2, 0.25) is 0 Å². The lowest BCUT2D eigenvalue weighted by molar-refractivity contribution is 0.411. The van der Waals surface area contributed by atoms with E-state index in [0.717, 1.165) is 15.8 Å². The molecule has 0 spiro atoms. The van der Waals surface area contributed by atoms with E-state index in [1.54, 1.807) is 7.11 Å². The summed E-state index contributed by atoms with van der Waals surface area (Å²) >= 11 is 7.18. The van der Waals surface area contributed by atoms with Gasteiger partial charge in [0.2, 0.25) is 0 Å². The Morgan fingerprint density at radius 3 is 2.22 bits per heavy atom. The molecule has 0 fully saturated rings. The second-order valence-electron chi connectivity index (χ2n) is 4.14. The molecule has 1 unspecified atom stereocenters. The predicted octanol–water partition coefficient (Wildman–Crippen LogP) is 5.25. The van der Waals surface area contributed by atoms with Gasteiger partial charge >= 0.3 is 0 Å². The van der Waals surface area contributed by atoms with Gasteiger partial charge < -0.3 is 4.74 Å². The number of benzene rings is 2. The maximum Gasteiger partial charge on any atom is 0.122 e. The van der Waals surface area contributed by atoms with E-state index in [9.17, 15) is 0 Å². The highest BCUT2D eigenvalue weighted by atomic mass is 79.9. The molecular formula is C15H14Br2O. The lowest BCUT2D eigenvalue weighted by atomic mass is 10.0. The van der Waals surface area contributed by atoms with Crippen LogP contribution in [-0.4, -0.2) is 7.11 Å². The third-order valence-electron chi connectivity index (χ3n) is 2.89. The molecule has 0 N–H and O–H groups in total. The van der Waals surface area contributed by atoms with Gasteiger partial charge in [0.05, 0.1) is 11.9 Å². The van der Waals surface area contributed by atoms with E-state index in [2.05, 4.69) is 74.3 Å². The zero-order valence-corrected chi connectivity index (χ0v) is 13.5. The molecule has 0 saturated carbocycles. The van der Waals surface area contributed by atoms with E-state index in [1.165, 1.54) is 11.1 Å². The first kappa shape index (κ1) is 13.6. The van der Waals surface area contributed by atoms with Gasteiger partial charge in [0.15, 0.2) is 0 Å². The highest BCUT2D eigenvalue weighted by Gasteiger charge is 2.11. The van der Waals surface area contributed by atoms with E-state index in [4.69, 9.17) is 4.74 Å². The second kappa shape index (κ2) is 5.89. The first-order valence-corrected chi connectivity index (χ1v) is 7.36. The summed E-state index contributed by atoms with van der Waals surface area (Å²) in [4.78, 5) is 0.181. The summed E-state index contributed by atoms with van der Waals surface area (Å²) < 4.78 is 6.45. The molecule has 0 heterocycles. The number of hydrogen-bond acceptors (Lipinski definition) is 1. The van der Waals surface area contributed by atoms with Gasteiger partial charge in [-0.3, -0.25) is 0 Å². The van der Waals surface area contributed by atoms with Crippen LogP contribution in [0.1, 0.15) is 21.5 Å². The number of ether oxygens (including phenoxy) is 1. The van der Waals surface area contributed by atoms with Crippen molar-refractivity contribution >= 4 is 31.9 Å². The largest absolute Gasteiger partial charge is 0.496 e. The molecule has 0 aromatic heterocycles. The van der Waals surface area contributed by atoms with Crippen LogP contribution in [0.15, 0.2) is 46.9 Å². The van der Waals surface area contributed by atoms with Crippen LogP contribution in [0.5, 0.6) is 5.75 Å². The normalized spacial score (nSPS) is 12.2. The van der Waals surface area contributed by atoms with E-state index in [-0.39, 0.29) is 4.83 Å². The zero-order valence-electron chi connectivity index (χ0n) is 10.3. The molecule has 0 aliphatic heterocycles. The summed E-state index contributed by atoms with van der Waals surface area (Å²) in [6.45, 7) is 2.05. The number of alkyl halides is 1. The first-order chi connectivity index (χ1) is 8.61. The summed E-state index contributed by atoms with van der Waals surface area (Å²) in [7, 11) is 1.70. The summed E-state index contributed by atoms with van der Waals surface area (Å²) in [5.41, 5.74) is 3.57. The van der Waals surface area contributed by atoms with Gasteiger partial charge in [-0.1, -0.05) is 56.1 Å². The van der Waals surface area contributed by atoms with Gasteiger partial charge in [-0.25, -0.2) is 0 Å². The van der Waals surface area contributed by atoms with Crippen molar-refractivity contribution in [1.82, 2.24) is 0 Å². The third kappa shape index (κ3) is 2.96. The third-order valence-corrected chi connectivity index (χ3v) is 4.47. The van der Waals surface area contributed by atoms with Crippen LogP contribution >= 0.6 is 31.9 Å². The van der Waals surface area contributed by atoms with Gasteiger partial charge in [-0.2, -0.15) is 0 Å². The van der Waals surface area contributed by atoms with Crippen molar-refractivity contribution in [1.29, 1.82) is 0 Å². The standard InChI is InChI=1S/C15H14Br2O/c1-10-3-4-12(9-14(10)18-2)15(17)11-5-7-13(16)8-6-11/h3-9,15H,1-2H3. The predicted molar refractivity (Wildman–Crippen MR) is 82.6 cm³/mol. The Morgan fingerprint density at radius 1 is 1.00 bits per heavy atom. The lowest BCUT2D eigenvalue weighted by Gasteiger charge is -2.13. The van der Waals surface area contributed by atoms with Crippen molar-refractivity contribution in [3.05, 3.63) is 63.6 Å². The quantitative estimate of drug-likeness (QED) is 0.671. The van der Waals surface area contributed by atoms with Crippen molar-refractivity contribution < 1.29 is 4.74 Å². The number of methoxy groups -OCH3 is 1. The summed E-state index contributed by atoms with van der Waals surface area (Å²) in [6.07, 6.45) is 0. The molecule has 0 radical (unpaired) electrons. The fourth-order valence-corrected chi connectivity index (χ4v) is 2.67. The Bertz CT molecular complexity index is 535. The maximum atomic E-state index is 5.36. The van der Waals surface area contributed by atoms with E-state index >= 15 is 0 Å². The molecule has 0 aliphatic carbocycles. The molecule has 94 valence electrons. The number of rotatable bonds is 3. The van der Waals surface area contributed by atoms with Crippen LogP contribution in [0.25, 0.3) is 0 Å².